The molecule has 112 valence electrons. The summed E-state index contributed by atoms with van der Waals surface area (Å²) >= 11 is 0. The Morgan fingerprint density at radius 1 is 1.33 bits per heavy atom. The second-order valence-electron chi connectivity index (χ2n) is 4.81. The van der Waals surface area contributed by atoms with Crippen LogP contribution in [0.2, 0.25) is 0 Å². The highest BCUT2D eigenvalue weighted by Crippen LogP contribution is 2.18. The highest BCUT2D eigenvalue weighted by molar-refractivity contribution is 5.94. The number of nitrogens with one attached hydrogen (secondary N) is 1. The molecule has 1 aromatic heterocycles. The number of carbonyl (C=O) groups is 1. The summed E-state index contributed by atoms with van der Waals surface area (Å²) in [7, 11) is 0. The van der Waals surface area contributed by atoms with Crippen LogP contribution in [0.4, 0.5) is 0 Å². The third-order valence-electron chi connectivity index (χ3n) is 3.15. The van der Waals surface area contributed by atoms with Crippen molar-refractivity contribution in [2.75, 3.05) is 6.54 Å². The summed E-state index contributed by atoms with van der Waals surface area (Å²) < 4.78 is 5.32. The predicted octanol–water partition coefficient (Wildman–Crippen LogP) is 1.94. The molecule has 0 aliphatic carbocycles. The van der Waals surface area contributed by atoms with Crippen molar-refractivity contribution in [2.24, 2.45) is 0 Å². The van der Waals surface area contributed by atoms with Gasteiger partial charge in [-0.05, 0) is 37.1 Å². The smallest absolute Gasteiger partial charge is 0.251 e. The number of aromatic nitrogens is 2. The second-order valence-corrected chi connectivity index (χ2v) is 4.81. The fourth-order valence-corrected chi connectivity index (χ4v) is 1.84. The molecule has 1 amide bonds. The average molecular weight is 289 g/mol. The van der Waals surface area contributed by atoms with E-state index in [9.17, 15) is 9.90 Å². The van der Waals surface area contributed by atoms with Gasteiger partial charge in [0, 0.05) is 24.6 Å². The molecule has 1 unspecified atom stereocenters. The Morgan fingerprint density at radius 3 is 2.62 bits per heavy atom. The Labute approximate surface area is 123 Å². The van der Waals surface area contributed by atoms with E-state index in [-0.39, 0.29) is 12.0 Å². The summed E-state index contributed by atoms with van der Waals surface area (Å²) in [6.07, 6.45) is 0.879. The lowest BCUT2D eigenvalue weighted by molar-refractivity contribution is 0.0942. The van der Waals surface area contributed by atoms with Crippen molar-refractivity contribution in [3.8, 4) is 11.5 Å². The van der Waals surface area contributed by atoms with Gasteiger partial charge in [0.2, 0.25) is 11.8 Å². The zero-order valence-corrected chi connectivity index (χ0v) is 12.2. The quantitative estimate of drug-likeness (QED) is 0.848. The summed E-state index contributed by atoms with van der Waals surface area (Å²) in [5.74, 6) is 0.776. The molecule has 2 rings (SSSR count). The summed E-state index contributed by atoms with van der Waals surface area (Å²) in [6, 6.07) is 6.95. The van der Waals surface area contributed by atoms with Crippen molar-refractivity contribution in [3.63, 3.8) is 0 Å². The van der Waals surface area contributed by atoms with Crippen LogP contribution < -0.4 is 5.32 Å². The van der Waals surface area contributed by atoms with Crippen LogP contribution in [0.25, 0.3) is 11.5 Å². The average Bonchev–Trinajstić information content (AvgIpc) is 2.93. The van der Waals surface area contributed by atoms with Gasteiger partial charge >= 0.3 is 0 Å². The van der Waals surface area contributed by atoms with Crippen molar-refractivity contribution in [1.29, 1.82) is 0 Å². The number of aliphatic hydroxyl groups is 1. The second kappa shape index (κ2) is 6.99. The van der Waals surface area contributed by atoms with E-state index in [0.717, 1.165) is 5.56 Å². The van der Waals surface area contributed by atoms with Gasteiger partial charge in [0.05, 0.1) is 6.10 Å². The Kier molecular flexibility index (Phi) is 5.05. The molecular formula is C15H19N3O3. The van der Waals surface area contributed by atoms with E-state index in [1.165, 1.54) is 0 Å². The van der Waals surface area contributed by atoms with Crippen molar-refractivity contribution in [3.05, 3.63) is 35.7 Å². The van der Waals surface area contributed by atoms with Gasteiger partial charge in [0.15, 0.2) is 0 Å². The number of carbonyl (C=O) groups excluding carboxylic acids is 1. The van der Waals surface area contributed by atoms with E-state index in [1.807, 2.05) is 6.92 Å². The molecule has 0 aliphatic heterocycles. The molecule has 1 atom stereocenters. The van der Waals surface area contributed by atoms with E-state index < -0.39 is 0 Å². The Balaban J connectivity index is 1.94. The zero-order valence-electron chi connectivity index (χ0n) is 12.2. The van der Waals surface area contributed by atoms with Crippen molar-refractivity contribution < 1.29 is 14.3 Å². The molecule has 0 fully saturated rings. The third kappa shape index (κ3) is 4.13. The molecule has 6 heteroatoms. The first kappa shape index (κ1) is 15.2. The first-order chi connectivity index (χ1) is 10.1. The Hall–Kier alpha value is -2.21. The lowest BCUT2D eigenvalue weighted by atomic mass is 10.1. The number of aliphatic hydroxyl groups excluding tert-OH is 1. The molecule has 0 saturated heterocycles. The van der Waals surface area contributed by atoms with Crippen molar-refractivity contribution in [1.82, 2.24) is 15.5 Å². The number of hydrogen-bond donors (Lipinski definition) is 2. The molecular weight excluding hydrogens is 270 g/mol. The van der Waals surface area contributed by atoms with Crippen LogP contribution >= 0.6 is 0 Å². The van der Waals surface area contributed by atoms with Crippen LogP contribution in [0, 0.1) is 6.92 Å². The van der Waals surface area contributed by atoms with Gasteiger partial charge in [0.25, 0.3) is 5.91 Å². The van der Waals surface area contributed by atoms with E-state index in [1.54, 1.807) is 31.2 Å². The fraction of sp³-hybridized carbons (Fsp3) is 0.400. The van der Waals surface area contributed by atoms with E-state index in [4.69, 9.17) is 4.42 Å². The van der Waals surface area contributed by atoms with Crippen LogP contribution in [-0.4, -0.2) is 33.9 Å². The van der Waals surface area contributed by atoms with Gasteiger partial charge in [-0.2, -0.15) is 0 Å². The predicted molar refractivity (Wildman–Crippen MR) is 77.7 cm³/mol. The first-order valence-electron chi connectivity index (χ1n) is 6.97. The highest BCUT2D eigenvalue weighted by Gasteiger charge is 2.09. The molecule has 0 aliphatic rings. The number of nitrogens with zero attached hydrogens (tertiary/aromatic N) is 2. The normalized spacial score (nSPS) is 12.1. The molecule has 21 heavy (non-hydrogen) atoms. The standard InChI is InChI=1S/C15H19N3O3/c1-3-13(19)8-9-16-14(20)11-4-6-12(7-5-11)15-18-17-10(2)21-15/h4-7,13,19H,3,8-9H2,1-2H3,(H,16,20). The minimum absolute atomic E-state index is 0.161. The van der Waals surface area contributed by atoms with E-state index >= 15 is 0 Å². The number of aryl methyl sites for hydroxylation is 1. The first-order valence-corrected chi connectivity index (χ1v) is 6.97. The molecule has 1 aromatic carbocycles. The molecule has 0 spiro atoms. The van der Waals surface area contributed by atoms with E-state index in [2.05, 4.69) is 15.5 Å². The summed E-state index contributed by atoms with van der Waals surface area (Å²) in [4.78, 5) is 11.9. The minimum atomic E-state index is -0.367. The Morgan fingerprint density at radius 2 is 2.05 bits per heavy atom. The highest BCUT2D eigenvalue weighted by atomic mass is 16.4. The van der Waals surface area contributed by atoms with Crippen LogP contribution in [-0.2, 0) is 0 Å². The van der Waals surface area contributed by atoms with Crippen molar-refractivity contribution >= 4 is 5.91 Å². The lowest BCUT2D eigenvalue weighted by Crippen LogP contribution is -2.26. The van der Waals surface area contributed by atoms with Gasteiger partial charge in [-0.3, -0.25) is 4.79 Å². The maximum Gasteiger partial charge on any atom is 0.251 e. The Bertz CT molecular complexity index is 592. The topological polar surface area (TPSA) is 88.2 Å². The number of benzene rings is 1. The molecule has 0 radical (unpaired) electrons. The molecule has 2 aromatic rings. The van der Waals surface area contributed by atoms with Crippen LogP contribution in [0.1, 0.15) is 36.0 Å². The third-order valence-corrected chi connectivity index (χ3v) is 3.15. The van der Waals surface area contributed by atoms with Gasteiger partial charge < -0.3 is 14.8 Å². The summed E-state index contributed by atoms with van der Waals surface area (Å²) in [5, 5.41) is 19.9. The van der Waals surface area contributed by atoms with Crippen LogP contribution in [0.15, 0.2) is 28.7 Å². The van der Waals surface area contributed by atoms with Crippen LogP contribution in [0.3, 0.4) is 0 Å². The largest absolute Gasteiger partial charge is 0.421 e. The minimum Gasteiger partial charge on any atom is -0.421 e. The SMILES string of the molecule is CCC(O)CCNC(=O)c1ccc(-c2nnc(C)o2)cc1. The number of amides is 1. The zero-order chi connectivity index (χ0) is 15.2. The van der Waals surface area contributed by atoms with Gasteiger partial charge in [0.1, 0.15) is 0 Å². The van der Waals surface area contributed by atoms with Gasteiger partial charge in [-0.15, -0.1) is 10.2 Å². The maximum absolute atomic E-state index is 11.9. The van der Waals surface area contributed by atoms with Crippen LogP contribution in [0.5, 0.6) is 0 Å². The lowest BCUT2D eigenvalue weighted by Gasteiger charge is -2.09. The van der Waals surface area contributed by atoms with E-state index in [0.29, 0.717) is 36.7 Å². The van der Waals surface area contributed by atoms with Gasteiger partial charge in [-0.25, -0.2) is 0 Å². The van der Waals surface area contributed by atoms with Gasteiger partial charge in [-0.1, -0.05) is 6.92 Å². The molecule has 2 N–H and O–H groups in total. The fourth-order valence-electron chi connectivity index (χ4n) is 1.84. The number of hydrogen-bond acceptors (Lipinski definition) is 5. The molecule has 0 bridgehead atoms. The monoisotopic (exact) mass is 289 g/mol. The molecule has 6 nitrogen and oxygen atoms in total. The number of rotatable bonds is 6. The van der Waals surface area contributed by atoms with Crippen molar-refractivity contribution in [2.45, 2.75) is 32.8 Å². The molecule has 1 heterocycles. The summed E-state index contributed by atoms with van der Waals surface area (Å²) in [6.45, 7) is 4.09. The maximum atomic E-state index is 11.9. The molecule has 0 saturated carbocycles. The summed E-state index contributed by atoms with van der Waals surface area (Å²) in [5.41, 5.74) is 1.33.